The first-order valence-corrected chi connectivity index (χ1v) is 12.3. The summed E-state index contributed by atoms with van der Waals surface area (Å²) in [6, 6.07) is 3.82. The Bertz CT molecular complexity index is 1110. The van der Waals surface area contributed by atoms with E-state index in [1.165, 1.54) is 0 Å². The average molecular weight is 463 g/mol. The van der Waals surface area contributed by atoms with Crippen molar-refractivity contribution in [2.45, 2.75) is 51.5 Å². The number of aromatic nitrogens is 3. The van der Waals surface area contributed by atoms with Gasteiger partial charge >= 0.3 is 0 Å². The van der Waals surface area contributed by atoms with E-state index in [4.69, 9.17) is 9.82 Å². The van der Waals surface area contributed by atoms with Crippen molar-refractivity contribution in [1.29, 1.82) is 0 Å². The van der Waals surface area contributed by atoms with Gasteiger partial charge in [-0.1, -0.05) is 6.07 Å². The van der Waals surface area contributed by atoms with Gasteiger partial charge in [-0.3, -0.25) is 24.3 Å². The molecule has 2 aromatic heterocycles. The average Bonchev–Trinajstić information content (AvgIpc) is 3.36. The van der Waals surface area contributed by atoms with Crippen LogP contribution in [0.4, 0.5) is 11.8 Å². The molecule has 0 aromatic carbocycles. The molecule has 3 saturated heterocycles. The Kier molecular flexibility index (Phi) is 5.24. The summed E-state index contributed by atoms with van der Waals surface area (Å²) in [5.41, 5.74) is 2.00. The van der Waals surface area contributed by atoms with Crippen LogP contribution in [0.15, 0.2) is 30.7 Å². The fourth-order valence-corrected chi connectivity index (χ4v) is 5.55. The minimum atomic E-state index is -0.103. The van der Waals surface area contributed by atoms with Crippen LogP contribution in [-0.2, 0) is 14.4 Å². The van der Waals surface area contributed by atoms with Gasteiger partial charge in [0.1, 0.15) is 5.82 Å². The second-order valence-electron chi connectivity index (χ2n) is 10.1. The van der Waals surface area contributed by atoms with E-state index in [1.807, 2.05) is 30.3 Å². The molecule has 9 nitrogen and oxygen atoms in total. The van der Waals surface area contributed by atoms with Crippen LogP contribution in [0.2, 0.25) is 0 Å². The van der Waals surface area contributed by atoms with Gasteiger partial charge in [0, 0.05) is 50.6 Å². The van der Waals surface area contributed by atoms with Gasteiger partial charge in [0.15, 0.2) is 0 Å². The molecule has 3 aliphatic heterocycles. The number of hydrogen-bond acceptors (Lipinski definition) is 7. The number of anilines is 2. The quantitative estimate of drug-likeness (QED) is 0.690. The minimum absolute atomic E-state index is 0.0516. The van der Waals surface area contributed by atoms with Crippen LogP contribution in [0, 0.1) is 18.3 Å². The van der Waals surface area contributed by atoms with Crippen LogP contribution in [0.5, 0.6) is 0 Å². The van der Waals surface area contributed by atoms with Gasteiger partial charge in [0.05, 0.1) is 18.1 Å². The number of nitrogens with zero attached hydrogens (tertiary/aromatic N) is 6. The van der Waals surface area contributed by atoms with Crippen molar-refractivity contribution >= 4 is 23.6 Å². The molecule has 34 heavy (non-hydrogen) atoms. The molecule has 6 rings (SSSR count). The number of aryl methyl sites for hydroxylation is 1. The Morgan fingerprint density at radius 1 is 1.12 bits per heavy atom. The summed E-state index contributed by atoms with van der Waals surface area (Å²) in [7, 11) is 0. The molecular weight excluding hydrogens is 432 g/mol. The molecule has 9 heteroatoms. The first-order chi connectivity index (χ1) is 16.5. The second-order valence-corrected chi connectivity index (χ2v) is 10.1. The number of hydrogen-bond donors (Lipinski definition) is 0. The maximum Gasteiger partial charge on any atom is 0.249 e. The topological polar surface area (TPSA) is 91.8 Å². The monoisotopic (exact) mass is 462 g/mol. The number of piperidine rings is 1. The van der Waals surface area contributed by atoms with E-state index in [0.29, 0.717) is 31.5 Å². The Hall–Kier alpha value is -3.07. The van der Waals surface area contributed by atoms with Crippen molar-refractivity contribution in [2.75, 3.05) is 36.0 Å². The molecule has 4 aliphatic rings. The molecule has 2 amide bonds. The molecule has 0 unspecified atom stereocenters. The highest BCUT2D eigenvalue weighted by atomic mass is 16.7. The van der Waals surface area contributed by atoms with Crippen LogP contribution in [0.25, 0.3) is 0 Å². The second kappa shape index (κ2) is 8.30. The van der Waals surface area contributed by atoms with E-state index in [2.05, 4.69) is 20.9 Å². The molecule has 5 heterocycles. The highest BCUT2D eigenvalue weighted by Gasteiger charge is 2.56. The summed E-state index contributed by atoms with van der Waals surface area (Å²) in [4.78, 5) is 49.3. The van der Waals surface area contributed by atoms with Gasteiger partial charge in [-0.15, -0.1) is 0 Å². The minimum Gasteiger partial charge on any atom is -0.341 e. The third-order valence-corrected chi connectivity index (χ3v) is 7.80. The fraction of sp³-hybridized carbons (Fsp3) is 0.560. The fourth-order valence-electron chi connectivity index (χ4n) is 5.55. The Morgan fingerprint density at radius 2 is 1.94 bits per heavy atom. The van der Waals surface area contributed by atoms with Gasteiger partial charge in [0.25, 0.3) is 0 Å². The van der Waals surface area contributed by atoms with E-state index >= 15 is 0 Å². The molecule has 1 atom stereocenters. The molecule has 2 aromatic rings. The third-order valence-electron chi connectivity index (χ3n) is 7.80. The predicted molar refractivity (Wildman–Crippen MR) is 125 cm³/mol. The molecule has 0 radical (unpaired) electrons. The van der Waals surface area contributed by atoms with Crippen molar-refractivity contribution in [3.05, 3.63) is 41.9 Å². The molecular formula is C25H30N6O3. The van der Waals surface area contributed by atoms with Gasteiger partial charge < -0.3 is 4.90 Å². The molecule has 4 fully saturated rings. The highest BCUT2D eigenvalue weighted by molar-refractivity contribution is 6.01. The summed E-state index contributed by atoms with van der Waals surface area (Å²) < 4.78 is 0. The first-order valence-electron chi connectivity index (χ1n) is 12.3. The smallest absolute Gasteiger partial charge is 0.249 e. The lowest BCUT2D eigenvalue weighted by atomic mass is 9.95. The molecule has 1 spiro atoms. The van der Waals surface area contributed by atoms with E-state index in [1.54, 1.807) is 11.3 Å². The van der Waals surface area contributed by atoms with Crippen LogP contribution >= 0.6 is 0 Å². The van der Waals surface area contributed by atoms with Gasteiger partial charge in [0.2, 0.25) is 17.8 Å². The molecule has 0 bridgehead atoms. The van der Waals surface area contributed by atoms with Crippen molar-refractivity contribution < 1.29 is 14.4 Å². The summed E-state index contributed by atoms with van der Waals surface area (Å²) in [6.45, 7) is 4.68. The standard InChI is InChI=1S/C25H30N6O3/c1-17-14-19(16-26-15-17)20-5-13-34-31(20)22(32)18-3-10-29(11-4-18)24-27-9-2-21(28-24)30-12-8-25(6-7-25)23(30)33/h2,9,14-16,18,20H,3-8,10-13H2,1H3/t20-/m0/s1. The maximum absolute atomic E-state index is 13.3. The van der Waals surface area contributed by atoms with E-state index < -0.39 is 0 Å². The van der Waals surface area contributed by atoms with Crippen LogP contribution in [0.1, 0.15) is 55.7 Å². The summed E-state index contributed by atoms with van der Waals surface area (Å²) in [6.07, 6.45) is 10.5. The highest BCUT2D eigenvalue weighted by Crippen LogP contribution is 2.54. The number of amides is 2. The zero-order valence-electron chi connectivity index (χ0n) is 19.5. The third kappa shape index (κ3) is 3.72. The first kappa shape index (κ1) is 21.5. The van der Waals surface area contributed by atoms with E-state index in [0.717, 1.165) is 56.2 Å². The summed E-state index contributed by atoms with van der Waals surface area (Å²) in [5, 5.41) is 1.58. The van der Waals surface area contributed by atoms with E-state index in [-0.39, 0.29) is 29.2 Å². The molecule has 1 aliphatic carbocycles. The van der Waals surface area contributed by atoms with Crippen molar-refractivity contribution in [3.63, 3.8) is 0 Å². The largest absolute Gasteiger partial charge is 0.341 e. The Morgan fingerprint density at radius 3 is 2.68 bits per heavy atom. The molecule has 0 N–H and O–H groups in total. The summed E-state index contributed by atoms with van der Waals surface area (Å²) in [5.74, 6) is 1.50. The Labute approximate surface area is 199 Å². The van der Waals surface area contributed by atoms with Crippen molar-refractivity contribution in [3.8, 4) is 0 Å². The zero-order chi connectivity index (χ0) is 23.3. The van der Waals surface area contributed by atoms with Crippen LogP contribution in [0.3, 0.4) is 0 Å². The van der Waals surface area contributed by atoms with Gasteiger partial charge in [-0.05, 0) is 56.2 Å². The number of hydroxylamine groups is 2. The number of carbonyl (C=O) groups excluding carboxylic acids is 2. The molecule has 1 saturated carbocycles. The lowest BCUT2D eigenvalue weighted by molar-refractivity contribution is -0.182. The van der Waals surface area contributed by atoms with E-state index in [9.17, 15) is 9.59 Å². The number of pyridine rings is 1. The summed E-state index contributed by atoms with van der Waals surface area (Å²) >= 11 is 0. The lowest BCUT2D eigenvalue weighted by Crippen LogP contribution is -2.42. The van der Waals surface area contributed by atoms with Gasteiger partial charge in [-0.25, -0.2) is 10.0 Å². The van der Waals surface area contributed by atoms with Gasteiger partial charge in [-0.2, -0.15) is 4.98 Å². The number of rotatable bonds is 4. The SMILES string of the molecule is Cc1cncc([C@@H]2CCON2C(=O)C2CCN(c3nccc(N4CCC5(CC5)C4=O)n3)CC2)c1. The van der Waals surface area contributed by atoms with Crippen LogP contribution in [-0.4, -0.2) is 58.1 Å². The zero-order valence-corrected chi connectivity index (χ0v) is 19.5. The van der Waals surface area contributed by atoms with Crippen LogP contribution < -0.4 is 9.80 Å². The normalized spacial score (nSPS) is 24.3. The number of carbonyl (C=O) groups is 2. The Balaban J connectivity index is 1.10. The predicted octanol–water partition coefficient (Wildman–Crippen LogP) is 2.82. The van der Waals surface area contributed by atoms with Crippen molar-refractivity contribution in [1.82, 2.24) is 20.0 Å². The lowest BCUT2D eigenvalue weighted by Gasteiger charge is -2.34. The molecule has 178 valence electrons. The maximum atomic E-state index is 13.3. The van der Waals surface area contributed by atoms with Crippen molar-refractivity contribution in [2.24, 2.45) is 11.3 Å².